The second-order valence-electron chi connectivity index (χ2n) is 4.24. The Kier molecular flexibility index (Phi) is 4.55. The van der Waals surface area contributed by atoms with Crippen LogP contribution in [0.25, 0.3) is 6.08 Å². The van der Waals surface area contributed by atoms with Crippen molar-refractivity contribution in [3.8, 4) is 5.75 Å². The van der Waals surface area contributed by atoms with Crippen molar-refractivity contribution in [1.82, 2.24) is 9.78 Å². The van der Waals surface area contributed by atoms with Crippen LogP contribution in [-0.4, -0.2) is 22.9 Å². The number of hydrogen-bond donors (Lipinski definition) is 0. The lowest BCUT2D eigenvalue weighted by Crippen LogP contribution is -2.00. The van der Waals surface area contributed by atoms with Gasteiger partial charge in [-0.15, -0.1) is 0 Å². The molecule has 0 bridgehead atoms. The van der Waals surface area contributed by atoms with Crippen LogP contribution in [0.3, 0.4) is 0 Å². The Balaban J connectivity index is 1.83. The maximum atomic E-state index is 11.6. The lowest BCUT2D eigenvalue weighted by Gasteiger charge is -2.03. The number of aryl methyl sites for hydroxylation is 1. The summed E-state index contributed by atoms with van der Waals surface area (Å²) in [4.78, 5) is 11.6. The zero-order chi connectivity index (χ0) is 14.4. The van der Waals surface area contributed by atoms with Crippen molar-refractivity contribution in [2.24, 2.45) is 7.05 Å². The van der Waals surface area contributed by atoms with Crippen molar-refractivity contribution in [2.45, 2.75) is 6.61 Å². The van der Waals surface area contributed by atoms with Gasteiger partial charge in [0.25, 0.3) is 0 Å². The van der Waals surface area contributed by atoms with Gasteiger partial charge in [0.1, 0.15) is 12.4 Å². The van der Waals surface area contributed by atoms with Gasteiger partial charge in [-0.05, 0) is 23.8 Å². The maximum absolute atomic E-state index is 11.6. The highest BCUT2D eigenvalue weighted by Gasteiger charge is 2.00. The fourth-order valence-electron chi connectivity index (χ4n) is 1.61. The number of rotatable bonds is 5. The first-order chi connectivity index (χ1) is 9.67. The molecule has 2 aromatic rings. The van der Waals surface area contributed by atoms with E-state index in [0.717, 1.165) is 16.9 Å². The molecule has 1 heterocycles. The lowest BCUT2D eigenvalue weighted by atomic mass is 10.2. The van der Waals surface area contributed by atoms with Gasteiger partial charge >= 0.3 is 5.97 Å². The number of hydrogen-bond acceptors (Lipinski definition) is 4. The summed E-state index contributed by atoms with van der Waals surface area (Å²) < 4.78 is 11.9. The molecule has 0 radical (unpaired) electrons. The maximum Gasteiger partial charge on any atom is 0.331 e. The second kappa shape index (κ2) is 6.56. The van der Waals surface area contributed by atoms with Crippen LogP contribution in [0.15, 0.2) is 42.7 Å². The van der Waals surface area contributed by atoms with Gasteiger partial charge in [-0.25, -0.2) is 4.79 Å². The molecule has 0 aliphatic rings. The topological polar surface area (TPSA) is 53.4 Å². The smallest absolute Gasteiger partial charge is 0.331 e. The van der Waals surface area contributed by atoms with E-state index in [2.05, 4.69) is 5.10 Å². The third kappa shape index (κ3) is 3.98. The first kappa shape index (κ1) is 13.9. The van der Waals surface area contributed by atoms with Crippen LogP contribution in [0, 0.1) is 0 Å². The summed E-state index contributed by atoms with van der Waals surface area (Å²) in [5.74, 6) is 0.390. The van der Waals surface area contributed by atoms with Crippen LogP contribution >= 0.6 is 0 Å². The van der Waals surface area contributed by atoms with Gasteiger partial charge in [-0.3, -0.25) is 4.68 Å². The summed E-state index contributed by atoms with van der Waals surface area (Å²) in [5.41, 5.74) is 1.77. The molecule has 0 spiro atoms. The highest BCUT2D eigenvalue weighted by atomic mass is 16.5. The molecule has 104 valence electrons. The molecular formula is C15H16N2O3. The molecular weight excluding hydrogens is 256 g/mol. The molecule has 0 aliphatic heterocycles. The molecule has 0 fully saturated rings. The molecule has 0 saturated carbocycles. The third-order valence-electron chi connectivity index (χ3n) is 2.68. The predicted octanol–water partition coefficient (Wildman–Crippen LogP) is 2.19. The average Bonchev–Trinajstić information content (AvgIpc) is 2.89. The Labute approximate surface area is 117 Å². The fraction of sp³-hybridized carbons (Fsp3) is 0.200. The van der Waals surface area contributed by atoms with Gasteiger partial charge in [0.05, 0.1) is 13.3 Å². The Bertz CT molecular complexity index is 600. The van der Waals surface area contributed by atoms with Gasteiger partial charge in [-0.2, -0.15) is 5.10 Å². The number of nitrogens with zero attached hydrogens (tertiary/aromatic N) is 2. The van der Waals surface area contributed by atoms with E-state index in [-0.39, 0.29) is 12.6 Å². The summed E-state index contributed by atoms with van der Waals surface area (Å²) in [6.07, 6.45) is 6.55. The van der Waals surface area contributed by atoms with Crippen LogP contribution in [-0.2, 0) is 23.2 Å². The van der Waals surface area contributed by atoms with E-state index in [1.54, 1.807) is 24.1 Å². The molecule has 2 rings (SSSR count). The minimum Gasteiger partial charge on any atom is -0.497 e. The Morgan fingerprint density at radius 2 is 2.10 bits per heavy atom. The van der Waals surface area contributed by atoms with Gasteiger partial charge in [0.2, 0.25) is 0 Å². The summed E-state index contributed by atoms with van der Waals surface area (Å²) >= 11 is 0. The summed E-state index contributed by atoms with van der Waals surface area (Å²) in [6.45, 7) is 0.236. The fourth-order valence-corrected chi connectivity index (χ4v) is 1.61. The Hall–Kier alpha value is -2.56. The number of ether oxygens (including phenoxy) is 2. The van der Waals surface area contributed by atoms with Crippen LogP contribution in [0.1, 0.15) is 11.1 Å². The first-order valence-electron chi connectivity index (χ1n) is 6.14. The van der Waals surface area contributed by atoms with Crippen LogP contribution in [0.5, 0.6) is 5.75 Å². The van der Waals surface area contributed by atoms with Crippen molar-refractivity contribution in [3.05, 3.63) is 53.9 Å². The van der Waals surface area contributed by atoms with E-state index >= 15 is 0 Å². The molecule has 0 amide bonds. The molecule has 0 saturated heterocycles. The van der Waals surface area contributed by atoms with Crippen LogP contribution in [0.2, 0.25) is 0 Å². The normalized spacial score (nSPS) is 10.7. The summed E-state index contributed by atoms with van der Waals surface area (Å²) in [5, 5.41) is 4.01. The molecule has 5 heteroatoms. The lowest BCUT2D eigenvalue weighted by molar-refractivity contribution is -0.138. The number of carbonyl (C=O) groups excluding carboxylic acids is 1. The number of methoxy groups -OCH3 is 1. The molecule has 1 aromatic heterocycles. The zero-order valence-electron chi connectivity index (χ0n) is 11.4. The molecule has 0 aliphatic carbocycles. The van der Waals surface area contributed by atoms with E-state index in [1.807, 2.05) is 37.5 Å². The number of esters is 1. The molecule has 0 N–H and O–H groups in total. The SMILES string of the molecule is COc1ccc(COC(=O)/C=C\c2cnn(C)c2)cc1. The van der Waals surface area contributed by atoms with Crippen LogP contribution < -0.4 is 4.74 Å². The first-order valence-corrected chi connectivity index (χ1v) is 6.14. The van der Waals surface area contributed by atoms with E-state index in [9.17, 15) is 4.79 Å². The summed E-state index contributed by atoms with van der Waals surface area (Å²) in [6, 6.07) is 7.37. The van der Waals surface area contributed by atoms with E-state index in [0.29, 0.717) is 0 Å². The largest absolute Gasteiger partial charge is 0.497 e. The Morgan fingerprint density at radius 1 is 1.35 bits per heavy atom. The van der Waals surface area contributed by atoms with E-state index < -0.39 is 0 Å². The van der Waals surface area contributed by atoms with E-state index in [1.165, 1.54) is 6.08 Å². The summed E-state index contributed by atoms with van der Waals surface area (Å²) in [7, 11) is 3.43. The third-order valence-corrected chi connectivity index (χ3v) is 2.68. The molecule has 0 atom stereocenters. The highest BCUT2D eigenvalue weighted by molar-refractivity contribution is 5.86. The van der Waals surface area contributed by atoms with Crippen LogP contribution in [0.4, 0.5) is 0 Å². The monoisotopic (exact) mass is 272 g/mol. The minimum absolute atomic E-state index is 0.236. The molecule has 20 heavy (non-hydrogen) atoms. The van der Waals surface area contributed by atoms with Gasteiger partial charge < -0.3 is 9.47 Å². The zero-order valence-corrected chi connectivity index (χ0v) is 11.4. The van der Waals surface area contributed by atoms with Crippen molar-refractivity contribution in [3.63, 3.8) is 0 Å². The Morgan fingerprint density at radius 3 is 2.70 bits per heavy atom. The van der Waals surface area contributed by atoms with E-state index in [4.69, 9.17) is 9.47 Å². The average molecular weight is 272 g/mol. The standard InChI is InChI=1S/C15H16N2O3/c1-17-10-13(9-16-17)5-8-15(18)20-11-12-3-6-14(19-2)7-4-12/h3-10H,11H2,1-2H3/b8-5-. The quantitative estimate of drug-likeness (QED) is 0.618. The van der Waals surface area contributed by atoms with Crippen molar-refractivity contribution in [2.75, 3.05) is 7.11 Å². The van der Waals surface area contributed by atoms with Gasteiger partial charge in [-0.1, -0.05) is 12.1 Å². The van der Waals surface area contributed by atoms with Gasteiger partial charge in [0.15, 0.2) is 0 Å². The highest BCUT2D eigenvalue weighted by Crippen LogP contribution is 2.12. The predicted molar refractivity (Wildman–Crippen MR) is 75.0 cm³/mol. The number of aromatic nitrogens is 2. The molecule has 5 nitrogen and oxygen atoms in total. The number of benzene rings is 1. The van der Waals surface area contributed by atoms with Gasteiger partial charge in [0, 0.05) is 24.9 Å². The number of carbonyl (C=O) groups is 1. The minimum atomic E-state index is -0.385. The molecule has 0 unspecified atom stereocenters. The molecule has 1 aromatic carbocycles. The second-order valence-corrected chi connectivity index (χ2v) is 4.24. The van der Waals surface area contributed by atoms with Crippen molar-refractivity contribution >= 4 is 12.0 Å². The van der Waals surface area contributed by atoms with Crippen molar-refractivity contribution in [1.29, 1.82) is 0 Å². The van der Waals surface area contributed by atoms with Crippen molar-refractivity contribution < 1.29 is 14.3 Å².